The van der Waals surface area contributed by atoms with Crippen LogP contribution in [0.1, 0.15) is 62.4 Å². The van der Waals surface area contributed by atoms with Gasteiger partial charge in [-0.3, -0.25) is 4.79 Å². The molecule has 2 rings (SSSR count). The fourth-order valence-electron chi connectivity index (χ4n) is 3.13. The van der Waals surface area contributed by atoms with Gasteiger partial charge >= 0.3 is 5.97 Å². The summed E-state index contributed by atoms with van der Waals surface area (Å²) in [5.41, 5.74) is 1.41. The van der Waals surface area contributed by atoms with Crippen molar-refractivity contribution in [2.24, 2.45) is 5.92 Å². The molecule has 7 heteroatoms. The first kappa shape index (κ1) is 27.5. The van der Waals surface area contributed by atoms with Crippen molar-refractivity contribution in [3.63, 3.8) is 0 Å². The zero-order valence-corrected chi connectivity index (χ0v) is 20.9. The van der Waals surface area contributed by atoms with E-state index in [-0.39, 0.29) is 11.5 Å². The third-order valence-corrected chi connectivity index (χ3v) is 5.05. The second-order valence-corrected chi connectivity index (χ2v) is 8.51. The molecule has 35 heavy (non-hydrogen) atoms. The number of anilines is 1. The maximum Gasteiger partial charge on any atom is 0.338 e. The van der Waals surface area contributed by atoms with Crippen molar-refractivity contribution < 1.29 is 23.8 Å². The van der Waals surface area contributed by atoms with Gasteiger partial charge in [0.05, 0.1) is 25.9 Å². The van der Waals surface area contributed by atoms with E-state index in [0.29, 0.717) is 41.5 Å². The summed E-state index contributed by atoms with van der Waals surface area (Å²) in [6.07, 6.45) is 5.92. The van der Waals surface area contributed by atoms with Crippen molar-refractivity contribution in [1.82, 2.24) is 0 Å². The lowest BCUT2D eigenvalue weighted by Crippen LogP contribution is -2.14. The molecule has 0 saturated carbocycles. The summed E-state index contributed by atoms with van der Waals surface area (Å²) in [6.45, 7) is 7.02. The van der Waals surface area contributed by atoms with Gasteiger partial charge in [-0.2, -0.15) is 5.26 Å². The van der Waals surface area contributed by atoms with Gasteiger partial charge in [0.2, 0.25) is 0 Å². The van der Waals surface area contributed by atoms with Crippen molar-refractivity contribution in [2.45, 2.75) is 46.5 Å². The van der Waals surface area contributed by atoms with Gasteiger partial charge in [-0.05, 0) is 60.4 Å². The highest BCUT2D eigenvalue weighted by atomic mass is 16.5. The number of hydrogen-bond acceptors (Lipinski definition) is 6. The first-order chi connectivity index (χ1) is 16.9. The average Bonchev–Trinajstić information content (AvgIpc) is 2.86. The number of benzene rings is 2. The van der Waals surface area contributed by atoms with Crippen LogP contribution >= 0.6 is 0 Å². The molecule has 1 N–H and O–H groups in total. The van der Waals surface area contributed by atoms with E-state index in [0.717, 1.165) is 19.3 Å². The van der Waals surface area contributed by atoms with E-state index in [4.69, 9.17) is 14.2 Å². The number of nitrogens with zero attached hydrogens (tertiary/aromatic N) is 1. The summed E-state index contributed by atoms with van der Waals surface area (Å²) in [7, 11) is 1.55. The zero-order valence-electron chi connectivity index (χ0n) is 20.9. The Morgan fingerprint density at radius 1 is 1.06 bits per heavy atom. The largest absolute Gasteiger partial charge is 0.493 e. The fourth-order valence-corrected chi connectivity index (χ4v) is 3.13. The lowest BCUT2D eigenvalue weighted by atomic mass is 10.1. The van der Waals surface area contributed by atoms with Crippen LogP contribution in [0.3, 0.4) is 0 Å². The standard InChI is InChI=1S/C28H34N2O5/c1-5-6-7-8-15-34-25-14-9-21(17-26(25)33-4)16-23(18-29)27(31)30-24-12-10-22(11-13-24)28(32)35-19-20(2)3/h9-14,16-17,20H,5-8,15,19H2,1-4H3,(H,30,31)/b23-16+. The molecule has 186 valence electrons. The Kier molecular flexibility index (Phi) is 11.3. The smallest absolute Gasteiger partial charge is 0.338 e. The molecular weight excluding hydrogens is 444 g/mol. The lowest BCUT2D eigenvalue weighted by Gasteiger charge is -2.11. The Balaban J connectivity index is 2.04. The SMILES string of the molecule is CCCCCCOc1ccc(/C=C(\C#N)C(=O)Nc2ccc(C(=O)OCC(C)C)cc2)cc1OC. The molecule has 0 spiro atoms. The van der Waals surface area contributed by atoms with Gasteiger partial charge in [-0.25, -0.2) is 4.79 Å². The van der Waals surface area contributed by atoms with Crippen molar-refractivity contribution in [3.05, 3.63) is 59.2 Å². The minimum atomic E-state index is -0.558. The molecule has 2 aromatic carbocycles. The molecule has 0 aliphatic carbocycles. The van der Waals surface area contributed by atoms with Crippen LogP contribution in [0.4, 0.5) is 5.69 Å². The van der Waals surface area contributed by atoms with E-state index in [1.165, 1.54) is 12.5 Å². The van der Waals surface area contributed by atoms with E-state index in [9.17, 15) is 14.9 Å². The number of rotatable bonds is 13. The molecule has 0 aromatic heterocycles. The number of esters is 1. The predicted octanol–water partition coefficient (Wildman–Crippen LogP) is 6.01. The van der Waals surface area contributed by atoms with Gasteiger partial charge < -0.3 is 19.5 Å². The van der Waals surface area contributed by atoms with Crippen LogP contribution in [-0.2, 0) is 9.53 Å². The molecule has 0 heterocycles. The van der Waals surface area contributed by atoms with Gasteiger partial charge in [0.25, 0.3) is 5.91 Å². The minimum absolute atomic E-state index is 0.0688. The molecule has 0 unspecified atom stereocenters. The molecule has 2 aromatic rings. The normalized spacial score (nSPS) is 11.0. The van der Waals surface area contributed by atoms with E-state index in [1.807, 2.05) is 19.9 Å². The van der Waals surface area contributed by atoms with Crippen molar-refractivity contribution >= 4 is 23.6 Å². The Labute approximate surface area is 207 Å². The molecule has 0 radical (unpaired) electrons. The van der Waals surface area contributed by atoms with Crippen molar-refractivity contribution in [1.29, 1.82) is 5.26 Å². The number of methoxy groups -OCH3 is 1. The highest BCUT2D eigenvalue weighted by Crippen LogP contribution is 2.29. The van der Waals surface area contributed by atoms with Crippen LogP contribution < -0.4 is 14.8 Å². The number of hydrogen-bond donors (Lipinski definition) is 1. The molecule has 0 aliphatic rings. The predicted molar refractivity (Wildman–Crippen MR) is 136 cm³/mol. The topological polar surface area (TPSA) is 97.7 Å². The van der Waals surface area contributed by atoms with E-state index in [1.54, 1.807) is 49.6 Å². The number of carbonyl (C=O) groups is 2. The van der Waals surface area contributed by atoms with Gasteiger partial charge in [-0.15, -0.1) is 0 Å². The number of carbonyl (C=O) groups excluding carboxylic acids is 2. The number of unbranched alkanes of at least 4 members (excludes halogenated alkanes) is 3. The Hall–Kier alpha value is -3.79. The van der Waals surface area contributed by atoms with E-state index >= 15 is 0 Å². The third kappa shape index (κ3) is 9.17. The second-order valence-electron chi connectivity index (χ2n) is 8.51. The van der Waals surface area contributed by atoms with Gasteiger partial charge in [0.15, 0.2) is 11.5 Å². The van der Waals surface area contributed by atoms with Crippen molar-refractivity contribution in [3.8, 4) is 17.6 Å². The third-order valence-electron chi connectivity index (χ3n) is 5.05. The van der Waals surface area contributed by atoms with Crippen LogP contribution in [0.25, 0.3) is 6.08 Å². The number of nitrogens with one attached hydrogen (secondary N) is 1. The fraction of sp³-hybridized carbons (Fsp3) is 0.393. The molecular formula is C28H34N2O5. The molecule has 0 saturated heterocycles. The number of nitriles is 1. The molecule has 0 atom stereocenters. The molecule has 1 amide bonds. The Bertz CT molecular complexity index is 1050. The maximum atomic E-state index is 12.6. The van der Waals surface area contributed by atoms with E-state index in [2.05, 4.69) is 12.2 Å². The summed E-state index contributed by atoms with van der Waals surface area (Å²) in [5, 5.41) is 12.2. The second kappa shape index (κ2) is 14.5. The highest BCUT2D eigenvalue weighted by Gasteiger charge is 2.13. The maximum absolute atomic E-state index is 12.6. The first-order valence-electron chi connectivity index (χ1n) is 11.9. The molecule has 0 bridgehead atoms. The minimum Gasteiger partial charge on any atom is -0.493 e. The Morgan fingerprint density at radius 2 is 1.80 bits per heavy atom. The summed E-state index contributed by atoms with van der Waals surface area (Å²) in [5.74, 6) is 0.422. The quantitative estimate of drug-likeness (QED) is 0.164. The lowest BCUT2D eigenvalue weighted by molar-refractivity contribution is -0.112. The molecule has 7 nitrogen and oxygen atoms in total. The zero-order chi connectivity index (χ0) is 25.6. The highest BCUT2D eigenvalue weighted by molar-refractivity contribution is 6.09. The van der Waals surface area contributed by atoms with Gasteiger partial charge in [-0.1, -0.05) is 46.1 Å². The summed E-state index contributed by atoms with van der Waals surface area (Å²) in [4.78, 5) is 24.7. The van der Waals surface area contributed by atoms with Crippen LogP contribution in [-0.4, -0.2) is 32.2 Å². The summed E-state index contributed by atoms with van der Waals surface area (Å²) in [6, 6.07) is 13.5. The van der Waals surface area contributed by atoms with Crippen molar-refractivity contribution in [2.75, 3.05) is 25.6 Å². The summed E-state index contributed by atoms with van der Waals surface area (Å²) >= 11 is 0. The molecule has 0 fully saturated rings. The van der Waals surface area contributed by atoms with Gasteiger partial charge in [0.1, 0.15) is 11.6 Å². The first-order valence-corrected chi connectivity index (χ1v) is 11.9. The van der Waals surface area contributed by atoms with E-state index < -0.39 is 11.9 Å². The van der Waals surface area contributed by atoms with Crippen LogP contribution in [0.5, 0.6) is 11.5 Å². The van der Waals surface area contributed by atoms with Gasteiger partial charge in [0, 0.05) is 5.69 Å². The van der Waals surface area contributed by atoms with Crippen LogP contribution in [0.2, 0.25) is 0 Å². The number of ether oxygens (including phenoxy) is 3. The average molecular weight is 479 g/mol. The van der Waals surface area contributed by atoms with Crippen LogP contribution in [0.15, 0.2) is 48.0 Å². The number of amides is 1. The molecule has 0 aliphatic heterocycles. The monoisotopic (exact) mass is 478 g/mol. The van der Waals surface area contributed by atoms with Crippen LogP contribution in [0, 0.1) is 17.2 Å². The summed E-state index contributed by atoms with van der Waals surface area (Å²) < 4.78 is 16.4. The Morgan fingerprint density at radius 3 is 2.43 bits per heavy atom.